The predicted molar refractivity (Wildman–Crippen MR) is 115 cm³/mol. The van der Waals surface area contributed by atoms with E-state index >= 15 is 0 Å². The Bertz CT molecular complexity index is 810. The molecule has 1 atom stereocenters. The largest absolute Gasteiger partial charge is 0.495 e. The number of methoxy groups -OCH3 is 1. The van der Waals surface area contributed by atoms with Crippen molar-refractivity contribution in [1.29, 1.82) is 0 Å². The van der Waals surface area contributed by atoms with Crippen molar-refractivity contribution in [3.63, 3.8) is 0 Å². The van der Waals surface area contributed by atoms with Crippen LogP contribution < -0.4 is 9.64 Å². The van der Waals surface area contributed by atoms with Crippen molar-refractivity contribution in [2.45, 2.75) is 19.8 Å². The number of benzene rings is 1. The zero-order chi connectivity index (χ0) is 21.8. The summed E-state index contributed by atoms with van der Waals surface area (Å²) in [6, 6.07) is 5.72. The molecule has 2 fully saturated rings. The maximum absolute atomic E-state index is 13.2. The van der Waals surface area contributed by atoms with E-state index in [2.05, 4.69) is 4.90 Å². The third kappa shape index (κ3) is 4.92. The molecule has 2 heterocycles. The molecule has 1 unspecified atom stereocenters. The molecule has 0 aliphatic carbocycles. The summed E-state index contributed by atoms with van der Waals surface area (Å²) in [4.78, 5) is 45.1. The average molecular weight is 417 g/mol. The summed E-state index contributed by atoms with van der Waals surface area (Å²) >= 11 is 0. The van der Waals surface area contributed by atoms with Crippen molar-refractivity contribution in [2.24, 2.45) is 5.92 Å². The third-order valence-electron chi connectivity index (χ3n) is 5.86. The zero-order valence-electron chi connectivity index (χ0n) is 18.4. The Morgan fingerprint density at radius 3 is 2.63 bits per heavy atom. The van der Waals surface area contributed by atoms with Crippen LogP contribution in [-0.2, 0) is 14.4 Å². The lowest BCUT2D eigenvalue weighted by Gasteiger charge is -2.25. The molecule has 8 heteroatoms. The molecule has 0 bridgehead atoms. The van der Waals surface area contributed by atoms with Crippen LogP contribution in [0.5, 0.6) is 5.75 Å². The van der Waals surface area contributed by atoms with Crippen molar-refractivity contribution < 1.29 is 19.1 Å². The highest BCUT2D eigenvalue weighted by Gasteiger charge is 2.38. The fourth-order valence-corrected chi connectivity index (χ4v) is 4.06. The van der Waals surface area contributed by atoms with Gasteiger partial charge in [0, 0.05) is 53.2 Å². The number of amides is 3. The number of anilines is 1. The van der Waals surface area contributed by atoms with Gasteiger partial charge in [0.2, 0.25) is 17.7 Å². The SMILES string of the molecule is COc1ccc(C)cc1N1CC(C(=O)N2CCCN(CC(=O)N(C)C)CC2)CC1=O. The lowest BCUT2D eigenvalue weighted by molar-refractivity contribution is -0.135. The van der Waals surface area contributed by atoms with Crippen molar-refractivity contribution in [1.82, 2.24) is 14.7 Å². The molecular formula is C22H32N4O4. The van der Waals surface area contributed by atoms with Gasteiger partial charge in [0.1, 0.15) is 5.75 Å². The first-order chi connectivity index (χ1) is 14.3. The second-order valence-electron chi connectivity index (χ2n) is 8.32. The standard InChI is InChI=1S/C22H32N4O4/c1-16-6-7-19(30-4)18(12-16)26-14-17(13-20(26)27)22(29)25-9-5-8-24(10-11-25)15-21(28)23(2)3/h6-7,12,17H,5,8-11,13-15H2,1-4H3. The summed E-state index contributed by atoms with van der Waals surface area (Å²) in [7, 11) is 5.09. The highest BCUT2D eigenvalue weighted by Crippen LogP contribution is 2.34. The van der Waals surface area contributed by atoms with Crippen LogP contribution in [-0.4, -0.2) is 92.9 Å². The topological polar surface area (TPSA) is 73.4 Å². The predicted octanol–water partition coefficient (Wildman–Crippen LogP) is 0.979. The van der Waals surface area contributed by atoms with Crippen molar-refractivity contribution in [3.8, 4) is 5.75 Å². The van der Waals surface area contributed by atoms with Gasteiger partial charge in [-0.3, -0.25) is 19.3 Å². The molecule has 3 rings (SSSR count). The van der Waals surface area contributed by atoms with E-state index in [-0.39, 0.29) is 30.1 Å². The van der Waals surface area contributed by atoms with Gasteiger partial charge >= 0.3 is 0 Å². The lowest BCUT2D eigenvalue weighted by atomic mass is 10.1. The first-order valence-corrected chi connectivity index (χ1v) is 10.5. The average Bonchev–Trinajstić information content (AvgIpc) is 2.95. The number of aryl methyl sites for hydroxylation is 1. The van der Waals surface area contributed by atoms with Gasteiger partial charge in [-0.25, -0.2) is 0 Å². The minimum absolute atomic E-state index is 0.0262. The van der Waals surface area contributed by atoms with Crippen LogP contribution in [0.4, 0.5) is 5.69 Å². The molecule has 2 saturated heterocycles. The molecule has 2 aliphatic rings. The Labute approximate surface area is 178 Å². The first-order valence-electron chi connectivity index (χ1n) is 10.5. The second-order valence-corrected chi connectivity index (χ2v) is 8.32. The molecule has 0 N–H and O–H groups in total. The Balaban J connectivity index is 1.63. The maximum atomic E-state index is 13.2. The summed E-state index contributed by atoms with van der Waals surface area (Å²) in [5.41, 5.74) is 1.76. The van der Waals surface area contributed by atoms with Gasteiger partial charge in [-0.2, -0.15) is 0 Å². The molecule has 164 valence electrons. The molecule has 0 spiro atoms. The lowest BCUT2D eigenvalue weighted by Crippen LogP contribution is -2.41. The molecule has 8 nitrogen and oxygen atoms in total. The minimum atomic E-state index is -0.349. The fraction of sp³-hybridized carbons (Fsp3) is 0.591. The van der Waals surface area contributed by atoms with Gasteiger partial charge in [-0.15, -0.1) is 0 Å². The van der Waals surface area contributed by atoms with Crippen LogP contribution in [0.3, 0.4) is 0 Å². The van der Waals surface area contributed by atoms with Gasteiger partial charge in [0.25, 0.3) is 0 Å². The minimum Gasteiger partial charge on any atom is -0.495 e. The highest BCUT2D eigenvalue weighted by atomic mass is 16.5. The van der Waals surface area contributed by atoms with Gasteiger partial charge in [-0.1, -0.05) is 6.07 Å². The van der Waals surface area contributed by atoms with Crippen LogP contribution in [0.25, 0.3) is 0 Å². The van der Waals surface area contributed by atoms with Gasteiger partial charge in [0.05, 0.1) is 25.3 Å². The van der Waals surface area contributed by atoms with Crippen LogP contribution in [0, 0.1) is 12.8 Å². The van der Waals surface area contributed by atoms with Gasteiger partial charge in [-0.05, 0) is 31.0 Å². The van der Waals surface area contributed by atoms with Gasteiger partial charge < -0.3 is 19.4 Å². The number of hydrogen-bond donors (Lipinski definition) is 0. The normalized spacial score (nSPS) is 20.3. The number of rotatable bonds is 5. The number of nitrogens with zero attached hydrogens (tertiary/aromatic N) is 4. The number of carbonyl (C=O) groups is 3. The summed E-state index contributed by atoms with van der Waals surface area (Å²) in [6.07, 6.45) is 1.04. The monoisotopic (exact) mass is 416 g/mol. The number of carbonyl (C=O) groups excluding carboxylic acids is 3. The molecule has 3 amide bonds. The van der Waals surface area contributed by atoms with E-state index in [1.54, 1.807) is 31.0 Å². The smallest absolute Gasteiger partial charge is 0.236 e. The van der Waals surface area contributed by atoms with E-state index in [1.165, 1.54) is 0 Å². The molecule has 1 aromatic rings. The van der Waals surface area contributed by atoms with E-state index in [9.17, 15) is 14.4 Å². The number of ether oxygens (including phenoxy) is 1. The fourth-order valence-electron chi connectivity index (χ4n) is 4.06. The Hall–Kier alpha value is -2.61. The maximum Gasteiger partial charge on any atom is 0.236 e. The molecule has 1 aromatic carbocycles. The third-order valence-corrected chi connectivity index (χ3v) is 5.86. The quantitative estimate of drug-likeness (QED) is 0.716. The van der Waals surface area contributed by atoms with Crippen molar-refractivity contribution in [2.75, 3.05) is 65.4 Å². The van der Waals surface area contributed by atoms with E-state index in [4.69, 9.17) is 4.74 Å². The van der Waals surface area contributed by atoms with E-state index in [0.29, 0.717) is 38.5 Å². The van der Waals surface area contributed by atoms with Gasteiger partial charge in [0.15, 0.2) is 0 Å². The van der Waals surface area contributed by atoms with Crippen LogP contribution in [0.1, 0.15) is 18.4 Å². The Kier molecular flexibility index (Phi) is 6.97. The molecular weight excluding hydrogens is 384 g/mol. The number of hydrogen-bond acceptors (Lipinski definition) is 5. The Morgan fingerprint density at radius 2 is 1.93 bits per heavy atom. The Morgan fingerprint density at radius 1 is 1.17 bits per heavy atom. The summed E-state index contributed by atoms with van der Waals surface area (Å²) in [5, 5.41) is 0. The van der Waals surface area contributed by atoms with Crippen molar-refractivity contribution >= 4 is 23.4 Å². The second kappa shape index (κ2) is 9.47. The van der Waals surface area contributed by atoms with E-state index < -0.39 is 0 Å². The van der Waals surface area contributed by atoms with E-state index in [1.807, 2.05) is 30.0 Å². The van der Waals surface area contributed by atoms with Crippen LogP contribution in [0.2, 0.25) is 0 Å². The molecule has 0 saturated carbocycles. The van der Waals surface area contributed by atoms with Crippen molar-refractivity contribution in [3.05, 3.63) is 23.8 Å². The molecule has 2 aliphatic heterocycles. The molecule has 0 aromatic heterocycles. The summed E-state index contributed by atoms with van der Waals surface area (Å²) in [6.45, 7) is 5.41. The molecule has 30 heavy (non-hydrogen) atoms. The van der Waals surface area contributed by atoms with Crippen LogP contribution >= 0.6 is 0 Å². The van der Waals surface area contributed by atoms with E-state index in [0.717, 1.165) is 24.2 Å². The highest BCUT2D eigenvalue weighted by molar-refractivity contribution is 6.01. The molecule has 0 radical (unpaired) electrons. The summed E-state index contributed by atoms with van der Waals surface area (Å²) < 4.78 is 5.42. The van der Waals surface area contributed by atoms with Crippen LogP contribution in [0.15, 0.2) is 18.2 Å². The number of likely N-dealkylation sites (N-methyl/N-ethyl adjacent to an activating group) is 1. The zero-order valence-corrected chi connectivity index (χ0v) is 18.4. The summed E-state index contributed by atoms with van der Waals surface area (Å²) in [5.74, 6) is 0.332. The first kappa shape index (κ1) is 22.1.